The van der Waals surface area contributed by atoms with E-state index in [1.54, 1.807) is 11.8 Å². The van der Waals surface area contributed by atoms with Crippen LogP contribution in [0.3, 0.4) is 0 Å². The lowest BCUT2D eigenvalue weighted by atomic mass is 10.1. The van der Waals surface area contributed by atoms with E-state index in [0.717, 1.165) is 30.6 Å². The molecule has 0 radical (unpaired) electrons. The van der Waals surface area contributed by atoms with E-state index in [2.05, 4.69) is 5.32 Å². The van der Waals surface area contributed by atoms with Crippen molar-refractivity contribution in [3.63, 3.8) is 0 Å². The van der Waals surface area contributed by atoms with Gasteiger partial charge in [0.15, 0.2) is 0 Å². The third-order valence-electron chi connectivity index (χ3n) is 5.21. The molecule has 0 bridgehead atoms. The van der Waals surface area contributed by atoms with Crippen LogP contribution in [0.5, 0.6) is 0 Å². The van der Waals surface area contributed by atoms with Crippen LogP contribution < -0.4 is 5.32 Å². The van der Waals surface area contributed by atoms with Crippen molar-refractivity contribution in [2.24, 2.45) is 0 Å². The zero-order chi connectivity index (χ0) is 20.2. The first-order chi connectivity index (χ1) is 14.1. The Morgan fingerprint density at radius 1 is 1.17 bits per heavy atom. The fourth-order valence-corrected chi connectivity index (χ4v) is 4.91. The molecule has 2 aliphatic heterocycles. The van der Waals surface area contributed by atoms with Crippen LogP contribution in [0, 0.1) is 0 Å². The summed E-state index contributed by atoms with van der Waals surface area (Å²) < 4.78 is 5.54. The SMILES string of the molecule is O=C(NC[C@@H]1CCCO1)c1ccc([C@@H]2SCC(=O)N2Cc2ccc(Cl)cc2)cc1. The van der Waals surface area contributed by atoms with E-state index in [4.69, 9.17) is 16.3 Å². The van der Waals surface area contributed by atoms with E-state index < -0.39 is 0 Å². The molecule has 0 aromatic heterocycles. The second-order valence-electron chi connectivity index (χ2n) is 7.28. The lowest BCUT2D eigenvalue weighted by molar-refractivity contribution is -0.128. The summed E-state index contributed by atoms with van der Waals surface area (Å²) in [4.78, 5) is 26.7. The molecule has 0 saturated carbocycles. The topological polar surface area (TPSA) is 58.6 Å². The Bertz CT molecular complexity index is 867. The quantitative estimate of drug-likeness (QED) is 0.751. The first-order valence-electron chi connectivity index (χ1n) is 9.75. The Hall–Kier alpha value is -2.02. The molecular formula is C22H23ClN2O3S. The second kappa shape index (κ2) is 9.20. The van der Waals surface area contributed by atoms with Crippen molar-refractivity contribution < 1.29 is 14.3 Å². The fourth-order valence-electron chi connectivity index (χ4n) is 3.60. The maximum Gasteiger partial charge on any atom is 0.251 e. The molecular weight excluding hydrogens is 408 g/mol. The predicted molar refractivity (Wildman–Crippen MR) is 115 cm³/mol. The van der Waals surface area contributed by atoms with Crippen molar-refractivity contribution in [2.75, 3.05) is 18.9 Å². The number of benzene rings is 2. The van der Waals surface area contributed by atoms with Gasteiger partial charge in [-0.2, -0.15) is 0 Å². The Kier molecular flexibility index (Phi) is 6.43. The molecule has 29 heavy (non-hydrogen) atoms. The van der Waals surface area contributed by atoms with Gasteiger partial charge < -0.3 is 15.0 Å². The van der Waals surface area contributed by atoms with Crippen LogP contribution >= 0.6 is 23.4 Å². The number of hydrogen-bond acceptors (Lipinski definition) is 4. The van der Waals surface area contributed by atoms with E-state index in [-0.39, 0.29) is 23.3 Å². The molecule has 1 N–H and O–H groups in total. The Labute approximate surface area is 179 Å². The van der Waals surface area contributed by atoms with E-state index in [1.807, 2.05) is 53.4 Å². The summed E-state index contributed by atoms with van der Waals surface area (Å²) in [5.74, 6) is 0.482. The maximum absolute atomic E-state index is 12.4. The average Bonchev–Trinajstić information content (AvgIpc) is 3.38. The van der Waals surface area contributed by atoms with Gasteiger partial charge in [0.05, 0.1) is 11.9 Å². The molecule has 5 nitrogen and oxygen atoms in total. The molecule has 2 aliphatic rings. The van der Waals surface area contributed by atoms with Gasteiger partial charge in [-0.25, -0.2) is 0 Å². The molecule has 2 amide bonds. The lowest BCUT2D eigenvalue weighted by Gasteiger charge is -2.24. The highest BCUT2D eigenvalue weighted by atomic mass is 35.5. The van der Waals surface area contributed by atoms with Gasteiger partial charge in [-0.1, -0.05) is 35.9 Å². The predicted octanol–water partition coefficient (Wildman–Crippen LogP) is 4.02. The van der Waals surface area contributed by atoms with Crippen molar-refractivity contribution in [2.45, 2.75) is 30.9 Å². The Balaban J connectivity index is 1.40. The third-order valence-corrected chi connectivity index (χ3v) is 6.71. The smallest absolute Gasteiger partial charge is 0.251 e. The van der Waals surface area contributed by atoms with Crippen LogP contribution in [0.25, 0.3) is 0 Å². The number of nitrogens with one attached hydrogen (secondary N) is 1. The van der Waals surface area contributed by atoms with Crippen LogP contribution in [0.2, 0.25) is 5.02 Å². The highest BCUT2D eigenvalue weighted by Gasteiger charge is 2.32. The largest absolute Gasteiger partial charge is 0.376 e. The molecule has 2 atom stereocenters. The summed E-state index contributed by atoms with van der Waals surface area (Å²) in [6, 6.07) is 15.1. The van der Waals surface area contributed by atoms with Crippen LogP contribution in [-0.4, -0.2) is 41.7 Å². The normalized spacial score (nSPS) is 21.6. The number of ether oxygens (including phenoxy) is 1. The van der Waals surface area contributed by atoms with E-state index >= 15 is 0 Å². The highest BCUT2D eigenvalue weighted by molar-refractivity contribution is 8.00. The molecule has 2 fully saturated rings. The van der Waals surface area contributed by atoms with Gasteiger partial charge in [0.1, 0.15) is 5.37 Å². The van der Waals surface area contributed by atoms with Gasteiger partial charge in [-0.3, -0.25) is 9.59 Å². The van der Waals surface area contributed by atoms with Gasteiger partial charge in [0.25, 0.3) is 5.91 Å². The Morgan fingerprint density at radius 3 is 2.62 bits per heavy atom. The van der Waals surface area contributed by atoms with Crippen molar-refractivity contribution in [3.05, 3.63) is 70.2 Å². The van der Waals surface area contributed by atoms with Crippen LogP contribution in [-0.2, 0) is 16.1 Å². The number of amides is 2. The summed E-state index contributed by atoms with van der Waals surface area (Å²) >= 11 is 7.57. The van der Waals surface area contributed by atoms with E-state index in [1.165, 1.54) is 0 Å². The van der Waals surface area contributed by atoms with Crippen molar-refractivity contribution in [3.8, 4) is 0 Å². The minimum absolute atomic E-state index is 0.0535. The van der Waals surface area contributed by atoms with Gasteiger partial charge in [0, 0.05) is 30.3 Å². The molecule has 2 saturated heterocycles. The molecule has 152 valence electrons. The summed E-state index contributed by atoms with van der Waals surface area (Å²) in [6.07, 6.45) is 2.18. The second-order valence-corrected chi connectivity index (χ2v) is 8.78. The molecule has 2 aromatic carbocycles. The monoisotopic (exact) mass is 430 g/mol. The number of hydrogen-bond donors (Lipinski definition) is 1. The van der Waals surface area contributed by atoms with Gasteiger partial charge >= 0.3 is 0 Å². The number of thioether (sulfide) groups is 1. The van der Waals surface area contributed by atoms with Crippen LogP contribution in [0.1, 0.15) is 39.7 Å². The fraction of sp³-hybridized carbons (Fsp3) is 0.364. The number of halogens is 1. The van der Waals surface area contributed by atoms with Crippen molar-refractivity contribution in [1.82, 2.24) is 10.2 Å². The highest BCUT2D eigenvalue weighted by Crippen LogP contribution is 2.39. The zero-order valence-corrected chi connectivity index (χ0v) is 17.5. The van der Waals surface area contributed by atoms with E-state index in [0.29, 0.717) is 29.4 Å². The van der Waals surface area contributed by atoms with Gasteiger partial charge in [-0.05, 0) is 48.2 Å². The minimum atomic E-state index is -0.0970. The molecule has 0 unspecified atom stereocenters. The summed E-state index contributed by atoms with van der Waals surface area (Å²) in [6.45, 7) is 1.86. The number of carbonyl (C=O) groups excluding carboxylic acids is 2. The minimum Gasteiger partial charge on any atom is -0.376 e. The van der Waals surface area contributed by atoms with Crippen molar-refractivity contribution in [1.29, 1.82) is 0 Å². The zero-order valence-electron chi connectivity index (χ0n) is 16.0. The van der Waals surface area contributed by atoms with Gasteiger partial charge in [-0.15, -0.1) is 11.8 Å². The molecule has 7 heteroatoms. The maximum atomic E-state index is 12.4. The standard InChI is InChI=1S/C22H23ClN2O3S/c23-18-9-3-15(4-10-18)13-25-20(26)14-29-22(25)17-7-5-16(6-8-17)21(27)24-12-19-2-1-11-28-19/h3-10,19,22H,1-2,11-14H2,(H,24,27)/t19-,22-/m0/s1. The molecule has 4 rings (SSSR count). The summed E-state index contributed by atoms with van der Waals surface area (Å²) in [7, 11) is 0. The van der Waals surface area contributed by atoms with Crippen molar-refractivity contribution >= 4 is 35.2 Å². The first-order valence-corrected chi connectivity index (χ1v) is 11.2. The van der Waals surface area contributed by atoms with Gasteiger partial charge in [0.2, 0.25) is 5.91 Å². The van der Waals surface area contributed by atoms with E-state index in [9.17, 15) is 9.59 Å². The first kappa shape index (κ1) is 20.3. The Morgan fingerprint density at radius 2 is 1.93 bits per heavy atom. The molecule has 2 heterocycles. The number of carbonyl (C=O) groups is 2. The average molecular weight is 431 g/mol. The lowest BCUT2D eigenvalue weighted by Crippen LogP contribution is -2.31. The van der Waals surface area contributed by atoms with Crippen LogP contribution in [0.15, 0.2) is 48.5 Å². The number of rotatable bonds is 6. The molecule has 2 aromatic rings. The third kappa shape index (κ3) is 4.94. The van der Waals surface area contributed by atoms with Crippen LogP contribution in [0.4, 0.5) is 0 Å². The molecule has 0 spiro atoms. The summed E-state index contributed by atoms with van der Waals surface area (Å²) in [5, 5.41) is 3.57. The number of nitrogens with zero attached hydrogens (tertiary/aromatic N) is 1. The molecule has 0 aliphatic carbocycles. The summed E-state index contributed by atoms with van der Waals surface area (Å²) in [5.41, 5.74) is 2.68.